The van der Waals surface area contributed by atoms with Crippen LogP contribution in [0.5, 0.6) is 0 Å². The van der Waals surface area contributed by atoms with Gasteiger partial charge >= 0.3 is 5.69 Å². The van der Waals surface area contributed by atoms with Crippen molar-refractivity contribution >= 4 is 27.0 Å². The number of sulfonamides is 1. The van der Waals surface area contributed by atoms with Crippen LogP contribution in [0.1, 0.15) is 0 Å². The van der Waals surface area contributed by atoms with Gasteiger partial charge in [0, 0.05) is 20.1 Å². The Morgan fingerprint density at radius 1 is 1.18 bits per heavy atom. The summed E-state index contributed by atoms with van der Waals surface area (Å²) in [6.45, 7) is 0.152. The lowest BCUT2D eigenvalue weighted by atomic mass is 10.3. The summed E-state index contributed by atoms with van der Waals surface area (Å²) in [6.07, 6.45) is 1.05. The van der Waals surface area contributed by atoms with E-state index in [2.05, 4.69) is 10.0 Å². The number of benzene rings is 1. The number of nitrogens with zero attached hydrogens (tertiary/aromatic N) is 2. The summed E-state index contributed by atoms with van der Waals surface area (Å²) >= 11 is 0. The van der Waals surface area contributed by atoms with Crippen LogP contribution in [-0.2, 0) is 28.4 Å². The van der Waals surface area contributed by atoms with Gasteiger partial charge in [-0.25, -0.2) is 17.9 Å². The molecule has 9 heteroatoms. The Labute approximate surface area is 127 Å². The summed E-state index contributed by atoms with van der Waals surface area (Å²) in [5.74, 6) is -0.353. The zero-order valence-corrected chi connectivity index (χ0v) is 13.2. The highest BCUT2D eigenvalue weighted by molar-refractivity contribution is 7.88. The molecule has 1 amide bonds. The Bertz CT molecular complexity index is 851. The SMILES string of the molecule is Cn1c(=O)n(CC(=O)NCCNS(C)(=O)=O)c2ccccc21. The summed E-state index contributed by atoms with van der Waals surface area (Å²) < 4.78 is 26.9. The molecule has 8 nitrogen and oxygen atoms in total. The number of amides is 1. The minimum Gasteiger partial charge on any atom is -0.353 e. The molecule has 0 aliphatic heterocycles. The molecule has 0 unspecified atom stereocenters. The molecule has 2 N–H and O–H groups in total. The predicted molar refractivity (Wildman–Crippen MR) is 83.0 cm³/mol. The monoisotopic (exact) mass is 326 g/mol. The molecule has 22 heavy (non-hydrogen) atoms. The number of nitrogens with one attached hydrogen (secondary N) is 2. The van der Waals surface area contributed by atoms with Crippen molar-refractivity contribution in [2.45, 2.75) is 6.54 Å². The number of fused-ring (bicyclic) bond motifs is 1. The maximum absolute atomic E-state index is 12.1. The van der Waals surface area contributed by atoms with E-state index in [-0.39, 0.29) is 31.2 Å². The maximum atomic E-state index is 12.1. The fourth-order valence-electron chi connectivity index (χ4n) is 2.15. The number of rotatable bonds is 6. The molecule has 0 spiro atoms. The van der Waals surface area contributed by atoms with Gasteiger partial charge in [-0.1, -0.05) is 12.1 Å². The average Bonchev–Trinajstić information content (AvgIpc) is 2.68. The molecule has 1 heterocycles. The first-order chi connectivity index (χ1) is 10.3. The predicted octanol–water partition coefficient (Wildman–Crippen LogP) is -0.995. The second-order valence-electron chi connectivity index (χ2n) is 4.93. The van der Waals surface area contributed by atoms with E-state index in [9.17, 15) is 18.0 Å². The molecule has 0 aliphatic rings. The van der Waals surface area contributed by atoms with E-state index < -0.39 is 10.0 Å². The highest BCUT2D eigenvalue weighted by Crippen LogP contribution is 2.10. The molecule has 0 saturated carbocycles. The largest absolute Gasteiger partial charge is 0.353 e. The Morgan fingerprint density at radius 2 is 1.82 bits per heavy atom. The van der Waals surface area contributed by atoms with Crippen LogP contribution in [0.15, 0.2) is 29.1 Å². The van der Waals surface area contributed by atoms with Gasteiger partial charge in [0.2, 0.25) is 15.9 Å². The number of carbonyl (C=O) groups is 1. The minimum atomic E-state index is -3.27. The number of aromatic nitrogens is 2. The van der Waals surface area contributed by atoms with E-state index in [1.807, 2.05) is 6.07 Å². The molecule has 0 radical (unpaired) electrons. The van der Waals surface area contributed by atoms with E-state index in [0.29, 0.717) is 5.52 Å². The van der Waals surface area contributed by atoms with Crippen molar-refractivity contribution in [2.75, 3.05) is 19.3 Å². The zero-order chi connectivity index (χ0) is 16.3. The Morgan fingerprint density at radius 3 is 2.45 bits per heavy atom. The standard InChI is InChI=1S/C13H18N4O4S/c1-16-10-5-3-4-6-11(10)17(13(16)19)9-12(18)14-7-8-15-22(2,20)21/h3-6,15H,7-9H2,1-2H3,(H,14,18). The van der Waals surface area contributed by atoms with Crippen molar-refractivity contribution in [3.63, 3.8) is 0 Å². The van der Waals surface area contributed by atoms with Crippen molar-refractivity contribution in [1.29, 1.82) is 0 Å². The molecule has 0 fully saturated rings. The van der Waals surface area contributed by atoms with Crippen molar-refractivity contribution in [3.05, 3.63) is 34.7 Å². The Kier molecular flexibility index (Phi) is 4.67. The first kappa shape index (κ1) is 16.2. The number of aryl methyl sites for hydroxylation is 1. The number of imidazole rings is 1. The molecule has 120 valence electrons. The van der Waals surface area contributed by atoms with Crippen molar-refractivity contribution < 1.29 is 13.2 Å². The summed E-state index contributed by atoms with van der Waals surface area (Å²) in [5.41, 5.74) is 1.16. The van der Waals surface area contributed by atoms with Crippen molar-refractivity contribution in [3.8, 4) is 0 Å². The van der Waals surface area contributed by atoms with Crippen LogP contribution >= 0.6 is 0 Å². The second kappa shape index (κ2) is 6.32. The van der Waals surface area contributed by atoms with Gasteiger partial charge in [0.25, 0.3) is 0 Å². The molecule has 0 bridgehead atoms. The lowest BCUT2D eigenvalue weighted by molar-refractivity contribution is -0.121. The van der Waals surface area contributed by atoms with Crippen LogP contribution in [0.4, 0.5) is 0 Å². The normalized spacial score (nSPS) is 11.7. The Hall–Kier alpha value is -2.13. The van der Waals surface area contributed by atoms with Crippen LogP contribution in [0.25, 0.3) is 11.0 Å². The van der Waals surface area contributed by atoms with Crippen LogP contribution in [0.3, 0.4) is 0 Å². The fourth-order valence-corrected chi connectivity index (χ4v) is 2.63. The van der Waals surface area contributed by atoms with Crippen LogP contribution in [0, 0.1) is 0 Å². The van der Waals surface area contributed by atoms with E-state index in [4.69, 9.17) is 0 Å². The van der Waals surface area contributed by atoms with Gasteiger partial charge < -0.3 is 5.32 Å². The Balaban J connectivity index is 2.04. The van der Waals surface area contributed by atoms with E-state index in [1.54, 1.807) is 25.2 Å². The number of hydrogen-bond donors (Lipinski definition) is 2. The molecule has 2 rings (SSSR count). The summed E-state index contributed by atoms with van der Waals surface area (Å²) in [4.78, 5) is 24.0. The van der Waals surface area contributed by atoms with Crippen LogP contribution in [0.2, 0.25) is 0 Å². The quantitative estimate of drug-likeness (QED) is 0.665. The average molecular weight is 326 g/mol. The third-order valence-corrected chi connectivity index (χ3v) is 3.89. The van der Waals surface area contributed by atoms with Crippen molar-refractivity contribution in [1.82, 2.24) is 19.2 Å². The summed E-state index contributed by atoms with van der Waals surface area (Å²) in [5, 5.41) is 2.57. The van der Waals surface area contributed by atoms with Gasteiger partial charge in [0.15, 0.2) is 0 Å². The smallest absolute Gasteiger partial charge is 0.329 e. The second-order valence-corrected chi connectivity index (χ2v) is 6.77. The first-order valence-electron chi connectivity index (χ1n) is 6.65. The molecule has 2 aromatic rings. The molecule has 0 atom stereocenters. The maximum Gasteiger partial charge on any atom is 0.329 e. The third kappa shape index (κ3) is 3.74. The number of hydrogen-bond acceptors (Lipinski definition) is 4. The molecular formula is C13H18N4O4S. The van der Waals surface area contributed by atoms with Gasteiger partial charge in [-0.2, -0.15) is 0 Å². The van der Waals surface area contributed by atoms with Gasteiger partial charge in [-0.05, 0) is 12.1 Å². The third-order valence-electron chi connectivity index (χ3n) is 3.16. The zero-order valence-electron chi connectivity index (χ0n) is 12.4. The highest BCUT2D eigenvalue weighted by Gasteiger charge is 2.12. The first-order valence-corrected chi connectivity index (χ1v) is 8.54. The van der Waals surface area contributed by atoms with Gasteiger partial charge in [0.05, 0.1) is 17.3 Å². The molecular weight excluding hydrogens is 308 g/mol. The fraction of sp³-hybridized carbons (Fsp3) is 0.385. The van der Waals surface area contributed by atoms with E-state index in [1.165, 1.54) is 9.13 Å². The van der Waals surface area contributed by atoms with Crippen molar-refractivity contribution in [2.24, 2.45) is 7.05 Å². The van der Waals surface area contributed by atoms with Gasteiger partial charge in [-0.3, -0.25) is 13.9 Å². The van der Waals surface area contributed by atoms with E-state index in [0.717, 1.165) is 11.8 Å². The molecule has 0 aliphatic carbocycles. The summed E-state index contributed by atoms with van der Waals surface area (Å²) in [7, 11) is -1.63. The van der Waals surface area contributed by atoms with Crippen LogP contribution < -0.4 is 15.7 Å². The van der Waals surface area contributed by atoms with Crippen LogP contribution in [-0.4, -0.2) is 42.8 Å². The van der Waals surface area contributed by atoms with Gasteiger partial charge in [-0.15, -0.1) is 0 Å². The highest BCUT2D eigenvalue weighted by atomic mass is 32.2. The topological polar surface area (TPSA) is 102 Å². The molecule has 1 aromatic carbocycles. The number of carbonyl (C=O) groups excluding carboxylic acids is 1. The lowest BCUT2D eigenvalue weighted by Gasteiger charge is -2.06. The molecule has 1 aromatic heterocycles. The van der Waals surface area contributed by atoms with E-state index >= 15 is 0 Å². The number of para-hydroxylation sites is 2. The minimum absolute atomic E-state index is 0.106. The molecule has 0 saturated heterocycles. The van der Waals surface area contributed by atoms with Gasteiger partial charge in [0.1, 0.15) is 6.54 Å². The lowest BCUT2D eigenvalue weighted by Crippen LogP contribution is -2.37. The summed E-state index contributed by atoms with van der Waals surface area (Å²) in [6, 6.07) is 7.20.